The van der Waals surface area contributed by atoms with Crippen molar-refractivity contribution in [2.45, 2.75) is 39.2 Å². The lowest BCUT2D eigenvalue weighted by atomic mass is 10.1. The van der Waals surface area contributed by atoms with E-state index >= 15 is 0 Å². The molecular weight excluding hydrogens is 424 g/mol. The molecule has 170 valence electrons. The summed E-state index contributed by atoms with van der Waals surface area (Å²) in [5.74, 6) is 2.35. The van der Waals surface area contributed by atoms with Gasteiger partial charge in [0.15, 0.2) is 0 Å². The van der Waals surface area contributed by atoms with Gasteiger partial charge in [-0.1, -0.05) is 23.4 Å². The van der Waals surface area contributed by atoms with E-state index in [1.165, 1.54) is 0 Å². The largest absolute Gasteiger partial charge is 0.491 e. The molecule has 32 heavy (non-hydrogen) atoms. The van der Waals surface area contributed by atoms with Crippen LogP contribution in [-0.2, 0) is 17.6 Å². The van der Waals surface area contributed by atoms with Crippen molar-refractivity contribution < 1.29 is 14.1 Å². The average molecular weight is 455 g/mol. The number of hydrogen-bond acceptors (Lipinski definition) is 7. The molecule has 0 saturated carbocycles. The number of carbonyl (C=O) groups is 1. The van der Waals surface area contributed by atoms with Crippen molar-refractivity contribution in [3.05, 3.63) is 53.2 Å². The van der Waals surface area contributed by atoms with E-state index < -0.39 is 0 Å². The lowest BCUT2D eigenvalue weighted by Crippen LogP contribution is -2.49. The standard InChI is InChI=1S/C24H30N4O3S/c1-18(2)30-20-7-3-6-19(16-20)17-23(29)28-13-11-27(12-14-28)10-4-9-22-25-24(26-31-22)21-8-5-15-32-21/h3,5-8,15-16,18H,4,9-14,17H2,1-2H3. The minimum atomic E-state index is 0.122. The highest BCUT2D eigenvalue weighted by molar-refractivity contribution is 7.13. The maximum atomic E-state index is 12.7. The van der Waals surface area contributed by atoms with Crippen LogP contribution in [0.4, 0.5) is 0 Å². The zero-order valence-electron chi connectivity index (χ0n) is 18.7. The Kier molecular flexibility index (Phi) is 7.55. The van der Waals surface area contributed by atoms with E-state index in [1.807, 2.05) is 60.5 Å². The first-order valence-electron chi connectivity index (χ1n) is 11.2. The van der Waals surface area contributed by atoms with Crippen molar-refractivity contribution in [2.75, 3.05) is 32.7 Å². The molecule has 0 atom stereocenters. The lowest BCUT2D eigenvalue weighted by molar-refractivity contribution is -0.132. The van der Waals surface area contributed by atoms with Crippen molar-refractivity contribution in [3.8, 4) is 16.5 Å². The quantitative estimate of drug-likeness (QED) is 0.488. The van der Waals surface area contributed by atoms with Gasteiger partial charge in [0.2, 0.25) is 17.6 Å². The molecule has 2 aromatic heterocycles. The molecule has 7 nitrogen and oxygen atoms in total. The molecular formula is C24H30N4O3S. The molecule has 1 saturated heterocycles. The fraction of sp³-hybridized carbons (Fsp3) is 0.458. The topological polar surface area (TPSA) is 71.7 Å². The van der Waals surface area contributed by atoms with Crippen molar-refractivity contribution in [1.82, 2.24) is 19.9 Å². The van der Waals surface area contributed by atoms with Crippen LogP contribution in [-0.4, -0.2) is 64.7 Å². The van der Waals surface area contributed by atoms with E-state index in [4.69, 9.17) is 9.26 Å². The first kappa shape index (κ1) is 22.5. The molecule has 3 heterocycles. The summed E-state index contributed by atoms with van der Waals surface area (Å²) < 4.78 is 11.1. The Morgan fingerprint density at radius 1 is 1.19 bits per heavy atom. The molecule has 0 radical (unpaired) electrons. The molecule has 0 aliphatic carbocycles. The van der Waals surface area contributed by atoms with Crippen LogP contribution in [0.15, 0.2) is 46.3 Å². The van der Waals surface area contributed by atoms with Gasteiger partial charge in [-0.25, -0.2) is 0 Å². The van der Waals surface area contributed by atoms with Crippen molar-refractivity contribution in [3.63, 3.8) is 0 Å². The van der Waals surface area contributed by atoms with Crippen molar-refractivity contribution in [1.29, 1.82) is 0 Å². The summed E-state index contributed by atoms with van der Waals surface area (Å²) in [6.45, 7) is 8.30. The lowest BCUT2D eigenvalue weighted by Gasteiger charge is -2.34. The highest BCUT2D eigenvalue weighted by Crippen LogP contribution is 2.21. The maximum Gasteiger partial charge on any atom is 0.227 e. The molecule has 8 heteroatoms. The Morgan fingerprint density at radius 3 is 2.78 bits per heavy atom. The number of aromatic nitrogens is 2. The third kappa shape index (κ3) is 6.17. The van der Waals surface area contributed by atoms with Crippen molar-refractivity contribution >= 4 is 17.2 Å². The predicted octanol–water partition coefficient (Wildman–Crippen LogP) is 3.90. The molecule has 1 aliphatic rings. The molecule has 4 rings (SSSR count). The van der Waals surface area contributed by atoms with Gasteiger partial charge in [0.05, 0.1) is 17.4 Å². The van der Waals surface area contributed by atoms with E-state index in [2.05, 4.69) is 15.0 Å². The van der Waals surface area contributed by atoms with E-state index in [0.717, 1.165) is 61.8 Å². The number of benzene rings is 1. The van der Waals surface area contributed by atoms with Gasteiger partial charge in [0, 0.05) is 32.6 Å². The number of carbonyl (C=O) groups excluding carboxylic acids is 1. The van der Waals surface area contributed by atoms with E-state index in [-0.39, 0.29) is 12.0 Å². The summed E-state index contributed by atoms with van der Waals surface area (Å²) >= 11 is 1.61. The Bertz CT molecular complexity index is 994. The van der Waals surface area contributed by atoms with Gasteiger partial charge in [-0.3, -0.25) is 9.69 Å². The molecule has 0 bridgehead atoms. The SMILES string of the molecule is CC(C)Oc1cccc(CC(=O)N2CCN(CCCc3nc(-c4cccs4)no3)CC2)c1. The van der Waals surface area contributed by atoms with Gasteiger partial charge in [0.1, 0.15) is 5.75 Å². The fourth-order valence-electron chi connectivity index (χ4n) is 3.82. The van der Waals surface area contributed by atoms with Gasteiger partial charge < -0.3 is 14.2 Å². The highest BCUT2D eigenvalue weighted by atomic mass is 32.1. The number of aryl methyl sites for hydroxylation is 1. The monoisotopic (exact) mass is 454 g/mol. The first-order valence-corrected chi connectivity index (χ1v) is 12.1. The number of hydrogen-bond donors (Lipinski definition) is 0. The first-order chi connectivity index (χ1) is 15.6. The van der Waals surface area contributed by atoms with Crippen LogP contribution in [0, 0.1) is 0 Å². The van der Waals surface area contributed by atoms with E-state index in [0.29, 0.717) is 18.1 Å². The van der Waals surface area contributed by atoms with Crippen molar-refractivity contribution in [2.24, 2.45) is 0 Å². The van der Waals surface area contributed by atoms with Gasteiger partial charge in [-0.2, -0.15) is 4.98 Å². The van der Waals surface area contributed by atoms with Gasteiger partial charge in [0.25, 0.3) is 0 Å². The van der Waals surface area contributed by atoms with Crippen LogP contribution in [0.2, 0.25) is 0 Å². The van der Waals surface area contributed by atoms with Crippen LogP contribution >= 0.6 is 11.3 Å². The van der Waals surface area contributed by atoms with Gasteiger partial charge in [-0.05, 0) is 56.0 Å². The third-order valence-electron chi connectivity index (χ3n) is 5.43. The number of rotatable bonds is 9. The van der Waals surface area contributed by atoms with Crippen LogP contribution in [0.5, 0.6) is 5.75 Å². The number of ether oxygens (including phenoxy) is 1. The highest BCUT2D eigenvalue weighted by Gasteiger charge is 2.21. The fourth-order valence-corrected chi connectivity index (χ4v) is 4.47. The zero-order valence-corrected chi connectivity index (χ0v) is 19.5. The molecule has 0 spiro atoms. The smallest absolute Gasteiger partial charge is 0.227 e. The average Bonchev–Trinajstić information content (AvgIpc) is 3.46. The molecule has 1 amide bonds. The minimum Gasteiger partial charge on any atom is -0.491 e. The zero-order chi connectivity index (χ0) is 22.3. The van der Waals surface area contributed by atoms with Gasteiger partial charge in [-0.15, -0.1) is 11.3 Å². The molecule has 1 aliphatic heterocycles. The number of nitrogens with zero attached hydrogens (tertiary/aromatic N) is 4. The summed E-state index contributed by atoms with van der Waals surface area (Å²) in [6, 6.07) is 11.8. The van der Waals surface area contributed by atoms with Gasteiger partial charge >= 0.3 is 0 Å². The molecule has 0 N–H and O–H groups in total. The van der Waals surface area contributed by atoms with E-state index in [1.54, 1.807) is 11.3 Å². The van der Waals surface area contributed by atoms with E-state index in [9.17, 15) is 4.79 Å². The Balaban J connectivity index is 1.18. The Morgan fingerprint density at radius 2 is 2.03 bits per heavy atom. The van der Waals surface area contributed by atoms with Crippen LogP contribution in [0.1, 0.15) is 31.7 Å². The van der Waals surface area contributed by atoms with Crippen LogP contribution < -0.4 is 4.74 Å². The molecule has 3 aromatic rings. The van der Waals surface area contributed by atoms with Crippen LogP contribution in [0.25, 0.3) is 10.7 Å². The number of amides is 1. The Hall–Kier alpha value is -2.71. The predicted molar refractivity (Wildman–Crippen MR) is 125 cm³/mol. The normalized spacial score (nSPS) is 14.8. The molecule has 1 fully saturated rings. The maximum absolute atomic E-state index is 12.7. The number of piperazine rings is 1. The summed E-state index contributed by atoms with van der Waals surface area (Å²) in [5.41, 5.74) is 0.997. The third-order valence-corrected chi connectivity index (χ3v) is 6.29. The molecule has 1 aromatic carbocycles. The Labute approximate surface area is 193 Å². The summed E-state index contributed by atoms with van der Waals surface area (Å²) in [7, 11) is 0. The summed E-state index contributed by atoms with van der Waals surface area (Å²) in [4.78, 5) is 22.6. The molecule has 0 unspecified atom stereocenters. The van der Waals surface area contributed by atoms with Crippen LogP contribution in [0.3, 0.4) is 0 Å². The second-order valence-electron chi connectivity index (χ2n) is 8.31. The number of thiophene rings is 1. The second kappa shape index (κ2) is 10.7. The summed E-state index contributed by atoms with van der Waals surface area (Å²) in [6.07, 6.45) is 2.27. The minimum absolute atomic E-state index is 0.122. The second-order valence-corrected chi connectivity index (χ2v) is 9.25. The summed E-state index contributed by atoms with van der Waals surface area (Å²) in [5, 5.41) is 6.07.